The summed E-state index contributed by atoms with van der Waals surface area (Å²) in [5.41, 5.74) is 0. The zero-order valence-corrected chi connectivity index (χ0v) is 10.1. The molecule has 0 spiro atoms. The monoisotopic (exact) mass is 266 g/mol. The Balaban J connectivity index is 2.09. The summed E-state index contributed by atoms with van der Waals surface area (Å²) in [6, 6.07) is 0. The zero-order valence-electron chi connectivity index (χ0n) is 9.33. The number of methoxy groups -OCH3 is 1. The Morgan fingerprint density at radius 1 is 1.53 bits per heavy atom. The molecular weight excluding hydrogens is 253 g/mol. The molecule has 0 aliphatic carbocycles. The molecule has 1 unspecified atom stereocenters. The van der Waals surface area contributed by atoms with Gasteiger partial charge in [-0.05, 0) is 12.8 Å². The van der Waals surface area contributed by atoms with E-state index in [-0.39, 0.29) is 6.10 Å². The Morgan fingerprint density at radius 2 is 2.29 bits per heavy atom. The Bertz CT molecular complexity index is 380. The van der Waals surface area contributed by atoms with E-state index in [1.807, 2.05) is 4.90 Å². The van der Waals surface area contributed by atoms with E-state index in [0.29, 0.717) is 23.0 Å². The fourth-order valence-corrected chi connectivity index (χ4v) is 2.66. The molecule has 1 aromatic rings. The Kier molecular flexibility index (Phi) is 3.58. The van der Waals surface area contributed by atoms with Crippen molar-refractivity contribution in [2.24, 2.45) is 0 Å². The van der Waals surface area contributed by atoms with Gasteiger partial charge < -0.3 is 9.64 Å². The van der Waals surface area contributed by atoms with Gasteiger partial charge in [0, 0.05) is 20.2 Å². The van der Waals surface area contributed by atoms with Crippen LogP contribution in [0.5, 0.6) is 0 Å². The lowest BCUT2D eigenvalue weighted by atomic mass is 10.1. The van der Waals surface area contributed by atoms with Crippen molar-refractivity contribution in [3.8, 4) is 0 Å². The summed E-state index contributed by atoms with van der Waals surface area (Å²) >= 11 is 0.693. The third kappa shape index (κ3) is 2.90. The van der Waals surface area contributed by atoms with Crippen LogP contribution in [0.1, 0.15) is 17.7 Å². The molecule has 0 saturated carbocycles. The van der Waals surface area contributed by atoms with E-state index in [1.54, 1.807) is 7.11 Å². The van der Waals surface area contributed by atoms with Crippen LogP contribution in [-0.2, 0) is 10.9 Å². The van der Waals surface area contributed by atoms with Crippen molar-refractivity contribution in [2.75, 3.05) is 25.1 Å². The predicted molar refractivity (Wildman–Crippen MR) is 59.4 cm³/mol. The summed E-state index contributed by atoms with van der Waals surface area (Å²) in [5.74, 6) is 0. The topological polar surface area (TPSA) is 25.4 Å². The molecule has 1 aliphatic rings. The molecule has 0 aromatic carbocycles. The third-order valence-corrected chi connectivity index (χ3v) is 3.86. The van der Waals surface area contributed by atoms with E-state index in [2.05, 4.69) is 4.98 Å². The second-order valence-electron chi connectivity index (χ2n) is 3.95. The van der Waals surface area contributed by atoms with E-state index in [9.17, 15) is 13.2 Å². The first-order valence-corrected chi connectivity index (χ1v) is 6.13. The second kappa shape index (κ2) is 4.81. The van der Waals surface area contributed by atoms with Gasteiger partial charge in [-0.3, -0.25) is 0 Å². The number of nitrogens with zero attached hydrogens (tertiary/aromatic N) is 2. The van der Waals surface area contributed by atoms with Crippen LogP contribution >= 0.6 is 11.3 Å². The van der Waals surface area contributed by atoms with E-state index >= 15 is 0 Å². The summed E-state index contributed by atoms with van der Waals surface area (Å²) in [5, 5.41) is 0.430. The van der Waals surface area contributed by atoms with Crippen LogP contribution in [0.2, 0.25) is 0 Å². The minimum atomic E-state index is -4.30. The van der Waals surface area contributed by atoms with Crippen LogP contribution in [-0.4, -0.2) is 31.3 Å². The Hall–Kier alpha value is -0.820. The maximum absolute atomic E-state index is 12.4. The van der Waals surface area contributed by atoms with Gasteiger partial charge in [0.05, 0.1) is 12.3 Å². The van der Waals surface area contributed by atoms with Crippen LogP contribution in [0, 0.1) is 0 Å². The fourth-order valence-electron chi connectivity index (χ4n) is 1.85. The molecule has 1 fully saturated rings. The van der Waals surface area contributed by atoms with Crippen molar-refractivity contribution in [3.63, 3.8) is 0 Å². The smallest absolute Gasteiger partial charge is 0.380 e. The first-order chi connectivity index (χ1) is 8.00. The second-order valence-corrected chi connectivity index (χ2v) is 4.96. The van der Waals surface area contributed by atoms with Crippen LogP contribution in [0.4, 0.5) is 18.3 Å². The average Bonchev–Trinajstić information content (AvgIpc) is 2.78. The molecule has 1 aliphatic heterocycles. The van der Waals surface area contributed by atoms with Gasteiger partial charge in [-0.15, -0.1) is 0 Å². The first-order valence-electron chi connectivity index (χ1n) is 5.31. The molecule has 2 heterocycles. The average molecular weight is 266 g/mol. The predicted octanol–water partition coefficient (Wildman–Crippen LogP) is 2.78. The number of ether oxygens (including phenoxy) is 1. The minimum Gasteiger partial charge on any atom is -0.380 e. The van der Waals surface area contributed by atoms with Crippen molar-refractivity contribution in [1.29, 1.82) is 0 Å². The van der Waals surface area contributed by atoms with Gasteiger partial charge in [0.2, 0.25) is 0 Å². The molecule has 17 heavy (non-hydrogen) atoms. The molecule has 2 rings (SSSR count). The highest BCUT2D eigenvalue weighted by atomic mass is 32.1. The van der Waals surface area contributed by atoms with Crippen molar-refractivity contribution in [1.82, 2.24) is 4.98 Å². The first kappa shape index (κ1) is 12.6. The molecule has 3 nitrogen and oxygen atoms in total. The largest absolute Gasteiger partial charge is 0.427 e. The number of hydrogen-bond acceptors (Lipinski definition) is 4. The summed E-state index contributed by atoms with van der Waals surface area (Å²) in [7, 11) is 1.62. The lowest BCUT2D eigenvalue weighted by molar-refractivity contribution is -0.134. The molecule has 1 atom stereocenters. The number of hydrogen-bond donors (Lipinski definition) is 0. The number of anilines is 1. The highest BCUT2D eigenvalue weighted by Gasteiger charge is 2.34. The summed E-state index contributed by atoms with van der Waals surface area (Å²) in [6.45, 7) is 1.35. The Morgan fingerprint density at radius 3 is 2.88 bits per heavy atom. The molecule has 0 amide bonds. The van der Waals surface area contributed by atoms with Crippen molar-refractivity contribution >= 4 is 16.5 Å². The van der Waals surface area contributed by atoms with Crippen LogP contribution in [0.15, 0.2) is 6.20 Å². The number of thiazole rings is 1. The number of alkyl halides is 3. The fraction of sp³-hybridized carbons (Fsp3) is 0.700. The van der Waals surface area contributed by atoms with Gasteiger partial charge in [-0.2, -0.15) is 13.2 Å². The van der Waals surface area contributed by atoms with E-state index in [4.69, 9.17) is 4.74 Å². The lowest BCUT2D eigenvalue weighted by Gasteiger charge is -2.31. The van der Waals surface area contributed by atoms with E-state index < -0.39 is 11.1 Å². The number of halogens is 3. The van der Waals surface area contributed by atoms with Gasteiger partial charge >= 0.3 is 6.18 Å². The quantitative estimate of drug-likeness (QED) is 0.823. The van der Waals surface area contributed by atoms with Gasteiger partial charge in [-0.25, -0.2) is 4.98 Å². The number of piperidine rings is 1. The van der Waals surface area contributed by atoms with Crippen LogP contribution < -0.4 is 4.90 Å². The van der Waals surface area contributed by atoms with Crippen molar-refractivity contribution in [3.05, 3.63) is 11.1 Å². The molecule has 0 bridgehead atoms. The van der Waals surface area contributed by atoms with Gasteiger partial charge in [0.15, 0.2) is 5.13 Å². The van der Waals surface area contributed by atoms with Crippen molar-refractivity contribution in [2.45, 2.75) is 25.1 Å². The Labute approximate surface area is 101 Å². The van der Waals surface area contributed by atoms with Gasteiger partial charge in [-0.1, -0.05) is 11.3 Å². The van der Waals surface area contributed by atoms with Gasteiger partial charge in [0.1, 0.15) is 4.88 Å². The minimum absolute atomic E-state index is 0.0852. The highest BCUT2D eigenvalue weighted by molar-refractivity contribution is 7.15. The zero-order chi connectivity index (χ0) is 12.5. The molecule has 0 N–H and O–H groups in total. The molecular formula is C10H13F3N2OS. The molecule has 1 saturated heterocycles. The third-order valence-electron chi connectivity index (χ3n) is 2.75. The van der Waals surface area contributed by atoms with Crippen LogP contribution in [0.25, 0.3) is 0 Å². The maximum atomic E-state index is 12.4. The summed E-state index contributed by atoms with van der Waals surface area (Å²) < 4.78 is 42.5. The van der Waals surface area contributed by atoms with E-state index in [0.717, 1.165) is 25.6 Å². The van der Waals surface area contributed by atoms with Crippen LogP contribution in [0.3, 0.4) is 0 Å². The lowest BCUT2D eigenvalue weighted by Crippen LogP contribution is -2.39. The normalized spacial score (nSPS) is 21.9. The number of aromatic nitrogens is 1. The molecule has 7 heteroatoms. The standard InChI is InChI=1S/C10H13F3N2OS/c1-16-7-3-2-4-15(6-7)9-14-5-8(17-9)10(11,12)13/h5,7H,2-4,6H2,1H3. The molecule has 1 aromatic heterocycles. The maximum Gasteiger partial charge on any atom is 0.427 e. The highest BCUT2D eigenvalue weighted by Crippen LogP contribution is 2.36. The molecule has 96 valence electrons. The summed E-state index contributed by atoms with van der Waals surface area (Å²) in [6.07, 6.45) is -1.45. The molecule has 0 radical (unpaired) electrons. The SMILES string of the molecule is COC1CCCN(c2ncc(C(F)(F)F)s2)C1. The number of rotatable bonds is 2. The van der Waals surface area contributed by atoms with Gasteiger partial charge in [0.25, 0.3) is 0 Å². The van der Waals surface area contributed by atoms with Crippen molar-refractivity contribution < 1.29 is 17.9 Å². The summed E-state index contributed by atoms with van der Waals surface area (Å²) in [4.78, 5) is 5.06. The van der Waals surface area contributed by atoms with E-state index in [1.165, 1.54) is 0 Å².